The number of halogens is 1. The van der Waals surface area contributed by atoms with Gasteiger partial charge in [0.15, 0.2) is 0 Å². The van der Waals surface area contributed by atoms with Crippen LogP contribution in [-0.2, 0) is 17.8 Å². The molecule has 1 N–H and O–H groups in total. The first-order valence-corrected chi connectivity index (χ1v) is 8.00. The van der Waals surface area contributed by atoms with Crippen molar-refractivity contribution in [3.05, 3.63) is 65.5 Å². The second-order valence-electron chi connectivity index (χ2n) is 6.01. The minimum Gasteiger partial charge on any atom is -0.359 e. The van der Waals surface area contributed by atoms with E-state index in [0.717, 1.165) is 18.5 Å². The van der Waals surface area contributed by atoms with Crippen LogP contribution in [-0.4, -0.2) is 18.5 Å². The summed E-state index contributed by atoms with van der Waals surface area (Å²) in [4.78, 5) is 14.4. The van der Waals surface area contributed by atoms with Gasteiger partial charge in [-0.05, 0) is 37.5 Å². The Morgan fingerprint density at radius 1 is 1.22 bits per heavy atom. The highest BCUT2D eigenvalue weighted by Gasteiger charge is 2.24. The van der Waals surface area contributed by atoms with Crippen molar-refractivity contribution in [2.75, 3.05) is 11.4 Å². The number of carbonyl (C=O) groups excluding carboxylic acids is 1. The average Bonchev–Trinajstić information content (AvgIpc) is 2.57. The number of carbonyl (C=O) groups is 1. The maximum Gasteiger partial charge on any atom is 0.239 e. The topological polar surface area (TPSA) is 32.3 Å². The van der Waals surface area contributed by atoms with Gasteiger partial charge in [0.2, 0.25) is 5.91 Å². The number of nitrogens with zero attached hydrogens (tertiary/aromatic N) is 1. The molecule has 120 valence electrons. The second-order valence-corrected chi connectivity index (χ2v) is 6.01. The van der Waals surface area contributed by atoms with Gasteiger partial charge in [-0.2, -0.15) is 0 Å². The predicted octanol–water partition coefficient (Wildman–Crippen LogP) is 3.28. The molecule has 0 bridgehead atoms. The summed E-state index contributed by atoms with van der Waals surface area (Å²) in [7, 11) is 0. The number of rotatable bonds is 4. The Bertz CT molecular complexity index is 701. The molecule has 23 heavy (non-hydrogen) atoms. The first kappa shape index (κ1) is 15.5. The summed E-state index contributed by atoms with van der Waals surface area (Å²) in [5, 5.41) is 2.82. The molecule has 3 rings (SSSR count). The quantitative estimate of drug-likeness (QED) is 0.939. The number of hydrogen-bond acceptors (Lipinski definition) is 2. The van der Waals surface area contributed by atoms with Gasteiger partial charge in [0.1, 0.15) is 5.82 Å². The molecule has 1 atom stereocenters. The lowest BCUT2D eigenvalue weighted by atomic mass is 9.96. The first-order valence-electron chi connectivity index (χ1n) is 8.00. The lowest BCUT2D eigenvalue weighted by Gasteiger charge is -2.36. The van der Waals surface area contributed by atoms with Crippen LogP contribution < -0.4 is 10.2 Å². The summed E-state index contributed by atoms with van der Waals surface area (Å²) in [6.07, 6.45) is 2.09. The van der Waals surface area contributed by atoms with Crippen molar-refractivity contribution in [1.29, 1.82) is 0 Å². The van der Waals surface area contributed by atoms with Crippen LogP contribution in [0.3, 0.4) is 0 Å². The molecule has 1 aliphatic rings. The molecule has 2 aromatic rings. The summed E-state index contributed by atoms with van der Waals surface area (Å²) in [6, 6.07) is 15.1. The summed E-state index contributed by atoms with van der Waals surface area (Å²) in [5.74, 6) is -0.374. The Morgan fingerprint density at radius 2 is 1.96 bits per heavy atom. The Hall–Kier alpha value is -2.36. The zero-order valence-corrected chi connectivity index (χ0v) is 13.3. The summed E-state index contributed by atoms with van der Waals surface area (Å²) >= 11 is 0. The Labute approximate surface area is 136 Å². The van der Waals surface area contributed by atoms with Crippen molar-refractivity contribution in [2.45, 2.75) is 32.4 Å². The van der Waals surface area contributed by atoms with Crippen LogP contribution in [0.5, 0.6) is 0 Å². The molecule has 4 heteroatoms. The molecular formula is C19H21FN2O. The van der Waals surface area contributed by atoms with E-state index in [2.05, 4.69) is 29.3 Å². The van der Waals surface area contributed by atoms with E-state index in [1.807, 2.05) is 12.1 Å². The molecule has 1 amide bonds. The minimum absolute atomic E-state index is 0.0863. The molecule has 0 radical (unpaired) electrons. The highest BCUT2D eigenvalue weighted by molar-refractivity contribution is 5.82. The Kier molecular flexibility index (Phi) is 4.60. The van der Waals surface area contributed by atoms with E-state index in [1.54, 1.807) is 18.2 Å². The highest BCUT2D eigenvalue weighted by atomic mass is 19.1. The molecule has 0 saturated carbocycles. The number of nitrogens with one attached hydrogen (secondary N) is 1. The van der Waals surface area contributed by atoms with E-state index < -0.39 is 0 Å². The van der Waals surface area contributed by atoms with E-state index in [4.69, 9.17) is 0 Å². The molecule has 0 fully saturated rings. The van der Waals surface area contributed by atoms with Gasteiger partial charge in [0.25, 0.3) is 0 Å². The van der Waals surface area contributed by atoms with E-state index in [9.17, 15) is 9.18 Å². The van der Waals surface area contributed by atoms with Gasteiger partial charge in [0.05, 0.1) is 6.54 Å². The SMILES string of the molecule is C[C@H]1CCc2ccccc2N1CC(=O)NCc1ccccc1F. The summed E-state index contributed by atoms with van der Waals surface area (Å²) in [5.41, 5.74) is 2.92. The number of hydrogen-bond donors (Lipinski definition) is 1. The van der Waals surface area contributed by atoms with E-state index >= 15 is 0 Å². The minimum atomic E-state index is -0.288. The second kappa shape index (κ2) is 6.82. The van der Waals surface area contributed by atoms with Crippen molar-refractivity contribution in [3.8, 4) is 0 Å². The van der Waals surface area contributed by atoms with Gasteiger partial charge in [-0.1, -0.05) is 36.4 Å². The standard InChI is InChI=1S/C19H21FN2O/c1-14-10-11-15-6-3-5-9-18(15)22(14)13-19(23)21-12-16-7-2-4-8-17(16)20/h2-9,14H,10-13H2,1H3,(H,21,23)/t14-/m0/s1. The molecule has 0 spiro atoms. The van der Waals surface area contributed by atoms with Crippen LogP contribution in [0.4, 0.5) is 10.1 Å². The molecule has 2 aromatic carbocycles. The molecule has 1 heterocycles. The van der Waals surface area contributed by atoms with Crippen LogP contribution in [0.2, 0.25) is 0 Å². The van der Waals surface area contributed by atoms with Crippen molar-refractivity contribution in [2.24, 2.45) is 0 Å². The Balaban J connectivity index is 1.65. The lowest BCUT2D eigenvalue weighted by molar-refractivity contribution is -0.120. The molecule has 0 aliphatic carbocycles. The zero-order chi connectivity index (χ0) is 16.2. The van der Waals surface area contributed by atoms with Gasteiger partial charge >= 0.3 is 0 Å². The third kappa shape index (κ3) is 3.52. The Morgan fingerprint density at radius 3 is 2.78 bits per heavy atom. The number of fused-ring (bicyclic) bond motifs is 1. The lowest BCUT2D eigenvalue weighted by Crippen LogP contribution is -2.44. The third-order valence-corrected chi connectivity index (χ3v) is 4.41. The number of aryl methyl sites for hydroxylation is 1. The van der Waals surface area contributed by atoms with Crippen LogP contribution >= 0.6 is 0 Å². The van der Waals surface area contributed by atoms with Gasteiger partial charge < -0.3 is 10.2 Å². The van der Waals surface area contributed by atoms with Crippen molar-refractivity contribution >= 4 is 11.6 Å². The third-order valence-electron chi connectivity index (χ3n) is 4.41. The maximum absolute atomic E-state index is 13.6. The molecular weight excluding hydrogens is 291 g/mol. The van der Waals surface area contributed by atoms with E-state index in [-0.39, 0.29) is 18.3 Å². The first-order chi connectivity index (χ1) is 11.1. The monoisotopic (exact) mass is 312 g/mol. The largest absolute Gasteiger partial charge is 0.359 e. The zero-order valence-electron chi connectivity index (χ0n) is 13.3. The van der Waals surface area contributed by atoms with Crippen LogP contribution in [0.1, 0.15) is 24.5 Å². The molecule has 0 aromatic heterocycles. The molecule has 0 unspecified atom stereocenters. The summed E-state index contributed by atoms with van der Waals surface area (Å²) < 4.78 is 13.6. The number of para-hydroxylation sites is 1. The highest BCUT2D eigenvalue weighted by Crippen LogP contribution is 2.29. The number of benzene rings is 2. The molecule has 1 aliphatic heterocycles. The smallest absolute Gasteiger partial charge is 0.239 e. The number of amides is 1. The fourth-order valence-corrected chi connectivity index (χ4v) is 3.05. The normalized spacial score (nSPS) is 16.8. The fourth-order valence-electron chi connectivity index (χ4n) is 3.05. The molecule has 0 saturated heterocycles. The van der Waals surface area contributed by atoms with Crippen LogP contribution in [0.25, 0.3) is 0 Å². The van der Waals surface area contributed by atoms with Crippen LogP contribution in [0.15, 0.2) is 48.5 Å². The van der Waals surface area contributed by atoms with Gasteiger partial charge in [-0.15, -0.1) is 0 Å². The fraction of sp³-hybridized carbons (Fsp3) is 0.316. The van der Waals surface area contributed by atoms with Gasteiger partial charge in [0, 0.05) is 23.8 Å². The van der Waals surface area contributed by atoms with Crippen molar-refractivity contribution in [1.82, 2.24) is 5.32 Å². The van der Waals surface area contributed by atoms with Gasteiger partial charge in [-0.3, -0.25) is 4.79 Å². The van der Waals surface area contributed by atoms with Crippen LogP contribution in [0, 0.1) is 5.82 Å². The van der Waals surface area contributed by atoms with E-state index in [1.165, 1.54) is 11.6 Å². The summed E-state index contributed by atoms with van der Waals surface area (Å²) in [6.45, 7) is 2.65. The average molecular weight is 312 g/mol. The van der Waals surface area contributed by atoms with E-state index in [0.29, 0.717) is 18.2 Å². The maximum atomic E-state index is 13.6. The van der Waals surface area contributed by atoms with Gasteiger partial charge in [-0.25, -0.2) is 4.39 Å². The van der Waals surface area contributed by atoms with Crippen molar-refractivity contribution in [3.63, 3.8) is 0 Å². The number of anilines is 1. The molecule has 3 nitrogen and oxygen atoms in total. The van der Waals surface area contributed by atoms with Crippen molar-refractivity contribution < 1.29 is 9.18 Å². The predicted molar refractivity (Wildman–Crippen MR) is 89.8 cm³/mol.